The van der Waals surface area contributed by atoms with E-state index < -0.39 is 11.7 Å². The first-order valence-corrected chi connectivity index (χ1v) is 9.40. The van der Waals surface area contributed by atoms with Crippen molar-refractivity contribution in [3.8, 4) is 5.75 Å². The van der Waals surface area contributed by atoms with Gasteiger partial charge in [0.05, 0.1) is 5.02 Å². The second-order valence-electron chi connectivity index (χ2n) is 6.74. The van der Waals surface area contributed by atoms with E-state index in [1.807, 2.05) is 0 Å². The lowest BCUT2D eigenvalue weighted by Gasteiger charge is -2.19. The number of hydrogen-bond acceptors (Lipinski definition) is 5. The molecule has 0 aliphatic carbocycles. The number of carbonyl (C=O) groups excluding carboxylic acids is 3. The van der Waals surface area contributed by atoms with Gasteiger partial charge in [0.25, 0.3) is 5.91 Å². The number of benzene rings is 1. The van der Waals surface area contributed by atoms with Gasteiger partial charge in [-0.25, -0.2) is 4.79 Å². The van der Waals surface area contributed by atoms with E-state index in [0.717, 1.165) is 0 Å². The van der Waals surface area contributed by atoms with Crippen molar-refractivity contribution in [3.63, 3.8) is 0 Å². The molecule has 0 radical (unpaired) electrons. The van der Waals surface area contributed by atoms with Gasteiger partial charge in [-0.1, -0.05) is 23.2 Å². The van der Waals surface area contributed by atoms with Crippen LogP contribution in [-0.4, -0.2) is 49.7 Å². The molecule has 0 bridgehead atoms. The molecule has 0 unspecified atom stereocenters. The van der Waals surface area contributed by atoms with Crippen LogP contribution in [0.2, 0.25) is 10.0 Å². The monoisotopic (exact) mass is 433 g/mol. The van der Waals surface area contributed by atoms with E-state index in [4.69, 9.17) is 32.7 Å². The van der Waals surface area contributed by atoms with Gasteiger partial charge in [-0.15, -0.1) is 0 Å². The molecule has 1 aromatic carbocycles. The highest BCUT2D eigenvalue weighted by Crippen LogP contribution is 2.27. The van der Waals surface area contributed by atoms with E-state index in [2.05, 4.69) is 16.0 Å². The third kappa shape index (κ3) is 10.8. The Bertz CT molecular complexity index is 692. The number of carbonyl (C=O) groups is 3. The van der Waals surface area contributed by atoms with Crippen LogP contribution in [-0.2, 0) is 14.3 Å². The zero-order valence-corrected chi connectivity index (χ0v) is 17.6. The van der Waals surface area contributed by atoms with Gasteiger partial charge < -0.3 is 25.4 Å². The fourth-order valence-electron chi connectivity index (χ4n) is 1.87. The van der Waals surface area contributed by atoms with Crippen LogP contribution < -0.4 is 20.7 Å². The summed E-state index contributed by atoms with van der Waals surface area (Å²) in [6.45, 7) is 5.69. The second-order valence-corrected chi connectivity index (χ2v) is 7.59. The molecule has 0 heterocycles. The van der Waals surface area contributed by atoms with Crippen molar-refractivity contribution in [2.24, 2.45) is 0 Å². The molecule has 3 N–H and O–H groups in total. The topological polar surface area (TPSA) is 106 Å². The van der Waals surface area contributed by atoms with Crippen LogP contribution in [0, 0.1) is 0 Å². The van der Waals surface area contributed by atoms with Gasteiger partial charge in [0.1, 0.15) is 11.4 Å². The molecule has 0 aromatic heterocycles. The lowest BCUT2D eigenvalue weighted by atomic mass is 10.2. The minimum atomic E-state index is -0.590. The highest BCUT2D eigenvalue weighted by atomic mass is 35.5. The molecular formula is C18H25Cl2N3O5. The fraction of sp³-hybridized carbons (Fsp3) is 0.500. The van der Waals surface area contributed by atoms with Crippen LogP contribution in [0.5, 0.6) is 5.75 Å². The molecule has 8 nitrogen and oxygen atoms in total. The maximum Gasteiger partial charge on any atom is 0.407 e. The van der Waals surface area contributed by atoms with Crippen molar-refractivity contribution < 1.29 is 23.9 Å². The van der Waals surface area contributed by atoms with E-state index in [0.29, 0.717) is 15.8 Å². The zero-order chi connectivity index (χ0) is 21.2. The van der Waals surface area contributed by atoms with Gasteiger partial charge >= 0.3 is 6.09 Å². The lowest BCUT2D eigenvalue weighted by molar-refractivity contribution is -0.124. The molecule has 3 amide bonds. The maximum atomic E-state index is 11.7. The summed E-state index contributed by atoms with van der Waals surface area (Å²) in [4.78, 5) is 34.8. The Morgan fingerprint density at radius 1 is 0.964 bits per heavy atom. The number of rotatable bonds is 9. The summed E-state index contributed by atoms with van der Waals surface area (Å²) in [6, 6.07) is 4.70. The Balaban J connectivity index is 2.11. The Hall–Kier alpha value is -2.19. The summed E-state index contributed by atoms with van der Waals surface area (Å²) in [5, 5.41) is 8.50. The molecule has 0 aliphatic rings. The van der Waals surface area contributed by atoms with Crippen LogP contribution in [0.15, 0.2) is 18.2 Å². The number of hydrogen-bond donors (Lipinski definition) is 3. The Labute approximate surface area is 174 Å². The third-order valence-corrected chi connectivity index (χ3v) is 3.57. The first-order valence-electron chi connectivity index (χ1n) is 8.65. The number of alkyl carbamates (subject to hydrolysis) is 1. The SMILES string of the molecule is CC(C)(C)OC(=O)NCCC(=O)NCCNC(=O)COc1ccc(Cl)cc1Cl. The molecule has 10 heteroatoms. The number of amides is 3. The third-order valence-electron chi connectivity index (χ3n) is 3.04. The average Bonchev–Trinajstić information content (AvgIpc) is 2.56. The van der Waals surface area contributed by atoms with Gasteiger partial charge in [0, 0.05) is 31.1 Å². The number of ether oxygens (including phenoxy) is 2. The van der Waals surface area contributed by atoms with Gasteiger partial charge in [-0.05, 0) is 39.0 Å². The molecule has 0 atom stereocenters. The largest absolute Gasteiger partial charge is 0.482 e. The van der Waals surface area contributed by atoms with Crippen LogP contribution in [0.25, 0.3) is 0 Å². The predicted molar refractivity (Wildman–Crippen MR) is 107 cm³/mol. The van der Waals surface area contributed by atoms with Crippen molar-refractivity contribution in [2.75, 3.05) is 26.2 Å². The van der Waals surface area contributed by atoms with Gasteiger partial charge in [0.15, 0.2) is 6.61 Å². The molecule has 156 valence electrons. The normalized spacial score (nSPS) is 10.8. The van der Waals surface area contributed by atoms with Crippen LogP contribution >= 0.6 is 23.2 Å². The first-order chi connectivity index (χ1) is 13.1. The average molecular weight is 434 g/mol. The summed E-state index contributed by atoms with van der Waals surface area (Å²) in [6.07, 6.45) is -0.473. The smallest absolute Gasteiger partial charge is 0.407 e. The van der Waals surface area contributed by atoms with Crippen molar-refractivity contribution >= 4 is 41.1 Å². The summed E-state index contributed by atoms with van der Waals surface area (Å²) in [5.41, 5.74) is -0.590. The summed E-state index contributed by atoms with van der Waals surface area (Å²) in [7, 11) is 0. The van der Waals surface area contributed by atoms with Gasteiger partial charge in [-0.3, -0.25) is 9.59 Å². The summed E-state index contributed by atoms with van der Waals surface area (Å²) >= 11 is 11.7. The highest BCUT2D eigenvalue weighted by molar-refractivity contribution is 6.35. The van der Waals surface area contributed by atoms with Gasteiger partial charge in [-0.2, -0.15) is 0 Å². The standard InChI is InChI=1S/C18H25Cl2N3O5/c1-18(2,3)28-17(26)23-7-6-15(24)21-8-9-22-16(25)11-27-14-5-4-12(19)10-13(14)20/h4-5,10H,6-9,11H2,1-3H3,(H,21,24)(H,22,25)(H,23,26). The van der Waals surface area contributed by atoms with Crippen molar-refractivity contribution in [3.05, 3.63) is 28.2 Å². The van der Waals surface area contributed by atoms with E-state index >= 15 is 0 Å². The van der Waals surface area contributed by atoms with Crippen molar-refractivity contribution in [2.45, 2.75) is 32.8 Å². The van der Waals surface area contributed by atoms with E-state index in [1.54, 1.807) is 32.9 Å². The zero-order valence-electron chi connectivity index (χ0n) is 16.1. The van der Waals surface area contributed by atoms with E-state index in [-0.39, 0.29) is 44.5 Å². The van der Waals surface area contributed by atoms with E-state index in [9.17, 15) is 14.4 Å². The minimum absolute atomic E-state index is 0.103. The first kappa shape index (κ1) is 23.8. The Kier molecular flexibility index (Phi) is 9.89. The molecule has 1 aromatic rings. The molecule has 1 rings (SSSR count). The molecule has 0 saturated carbocycles. The lowest BCUT2D eigenvalue weighted by Crippen LogP contribution is -2.38. The Morgan fingerprint density at radius 2 is 1.61 bits per heavy atom. The molecule has 0 aliphatic heterocycles. The van der Waals surface area contributed by atoms with Crippen molar-refractivity contribution in [1.82, 2.24) is 16.0 Å². The minimum Gasteiger partial charge on any atom is -0.482 e. The Morgan fingerprint density at radius 3 is 2.21 bits per heavy atom. The summed E-state index contributed by atoms with van der Waals surface area (Å²) < 4.78 is 10.4. The number of halogens is 2. The summed E-state index contributed by atoms with van der Waals surface area (Å²) in [5.74, 6) is -0.256. The number of nitrogens with one attached hydrogen (secondary N) is 3. The van der Waals surface area contributed by atoms with Crippen LogP contribution in [0.1, 0.15) is 27.2 Å². The van der Waals surface area contributed by atoms with Crippen molar-refractivity contribution in [1.29, 1.82) is 0 Å². The second kappa shape index (κ2) is 11.6. The van der Waals surface area contributed by atoms with E-state index in [1.165, 1.54) is 6.07 Å². The van der Waals surface area contributed by atoms with Crippen LogP contribution in [0.3, 0.4) is 0 Å². The molecule has 28 heavy (non-hydrogen) atoms. The molecule has 0 fully saturated rings. The predicted octanol–water partition coefficient (Wildman–Crippen LogP) is 2.52. The van der Waals surface area contributed by atoms with Crippen LogP contribution in [0.4, 0.5) is 4.79 Å². The molecule has 0 spiro atoms. The highest BCUT2D eigenvalue weighted by Gasteiger charge is 2.15. The molecular weight excluding hydrogens is 409 g/mol. The molecule has 0 saturated heterocycles. The maximum absolute atomic E-state index is 11.7. The van der Waals surface area contributed by atoms with Gasteiger partial charge in [0.2, 0.25) is 5.91 Å². The fourth-order valence-corrected chi connectivity index (χ4v) is 2.33. The quantitative estimate of drug-likeness (QED) is 0.518.